The molecule has 1 aromatic rings. The third-order valence-corrected chi connectivity index (χ3v) is 3.44. The van der Waals surface area contributed by atoms with Crippen molar-refractivity contribution in [2.24, 2.45) is 5.73 Å². The third kappa shape index (κ3) is 2.21. The molecule has 1 heterocycles. The molecule has 2 rings (SSSR count). The molecule has 1 saturated heterocycles. The molecule has 0 atom stereocenters. The predicted octanol–water partition coefficient (Wildman–Crippen LogP) is 1.92. The van der Waals surface area contributed by atoms with E-state index in [1.165, 1.54) is 11.1 Å². The Labute approximate surface area is 92.1 Å². The van der Waals surface area contributed by atoms with Crippen LogP contribution < -0.4 is 5.73 Å². The van der Waals surface area contributed by atoms with Crippen LogP contribution in [-0.4, -0.2) is 23.5 Å². The number of rotatable bonds is 3. The number of likely N-dealkylation sites (tertiary alicyclic amines) is 1. The summed E-state index contributed by atoms with van der Waals surface area (Å²) >= 11 is 0. The molecule has 1 aromatic carbocycles. The van der Waals surface area contributed by atoms with Crippen molar-refractivity contribution in [1.29, 1.82) is 0 Å². The van der Waals surface area contributed by atoms with Gasteiger partial charge in [0, 0.05) is 25.2 Å². The molecule has 0 bridgehead atoms. The van der Waals surface area contributed by atoms with Gasteiger partial charge in [-0.25, -0.2) is 0 Å². The predicted molar refractivity (Wildman–Crippen MR) is 63.7 cm³/mol. The standard InChI is InChI=1S/C13H20N2/c1-3-13(14)9-15(10-13)8-12-7-5-4-6-11(12)2/h4-7H,3,8-10,14H2,1-2H3. The van der Waals surface area contributed by atoms with Crippen molar-refractivity contribution in [1.82, 2.24) is 4.90 Å². The summed E-state index contributed by atoms with van der Waals surface area (Å²) in [5.74, 6) is 0. The quantitative estimate of drug-likeness (QED) is 0.815. The van der Waals surface area contributed by atoms with Crippen LogP contribution in [-0.2, 0) is 6.54 Å². The van der Waals surface area contributed by atoms with Crippen LogP contribution >= 0.6 is 0 Å². The fraction of sp³-hybridized carbons (Fsp3) is 0.538. The van der Waals surface area contributed by atoms with Gasteiger partial charge in [0.25, 0.3) is 0 Å². The Kier molecular flexibility index (Phi) is 2.81. The zero-order chi connectivity index (χ0) is 10.9. The number of benzene rings is 1. The van der Waals surface area contributed by atoms with Gasteiger partial charge in [-0.2, -0.15) is 0 Å². The summed E-state index contributed by atoms with van der Waals surface area (Å²) in [4.78, 5) is 2.42. The maximum atomic E-state index is 6.14. The number of hydrogen-bond acceptors (Lipinski definition) is 2. The lowest BCUT2D eigenvalue weighted by molar-refractivity contribution is 0.0605. The van der Waals surface area contributed by atoms with E-state index in [-0.39, 0.29) is 5.54 Å². The average molecular weight is 204 g/mol. The van der Waals surface area contributed by atoms with Crippen LogP contribution in [0, 0.1) is 6.92 Å². The van der Waals surface area contributed by atoms with E-state index in [0.29, 0.717) is 0 Å². The molecule has 1 fully saturated rings. The van der Waals surface area contributed by atoms with E-state index < -0.39 is 0 Å². The van der Waals surface area contributed by atoms with Crippen LogP contribution in [0.25, 0.3) is 0 Å². The van der Waals surface area contributed by atoms with Gasteiger partial charge in [-0.3, -0.25) is 4.90 Å². The van der Waals surface area contributed by atoms with Crippen molar-refractivity contribution in [2.75, 3.05) is 13.1 Å². The zero-order valence-corrected chi connectivity index (χ0v) is 9.66. The molecule has 2 N–H and O–H groups in total. The van der Waals surface area contributed by atoms with Crippen molar-refractivity contribution >= 4 is 0 Å². The highest BCUT2D eigenvalue weighted by atomic mass is 15.2. The van der Waals surface area contributed by atoms with Crippen LogP contribution in [0.3, 0.4) is 0 Å². The molecule has 0 saturated carbocycles. The first kappa shape index (κ1) is 10.7. The van der Waals surface area contributed by atoms with E-state index in [4.69, 9.17) is 5.73 Å². The molecule has 82 valence electrons. The smallest absolute Gasteiger partial charge is 0.0410 e. The molecular weight excluding hydrogens is 184 g/mol. The van der Waals surface area contributed by atoms with Crippen molar-refractivity contribution < 1.29 is 0 Å². The first-order valence-electron chi connectivity index (χ1n) is 5.69. The van der Waals surface area contributed by atoms with E-state index in [0.717, 1.165) is 26.1 Å². The van der Waals surface area contributed by atoms with Crippen LogP contribution in [0.2, 0.25) is 0 Å². The van der Waals surface area contributed by atoms with Crippen LogP contribution in [0.15, 0.2) is 24.3 Å². The number of hydrogen-bond donors (Lipinski definition) is 1. The van der Waals surface area contributed by atoms with Crippen molar-refractivity contribution in [2.45, 2.75) is 32.4 Å². The monoisotopic (exact) mass is 204 g/mol. The van der Waals surface area contributed by atoms with Gasteiger partial charge in [0.1, 0.15) is 0 Å². The number of nitrogens with zero attached hydrogens (tertiary/aromatic N) is 1. The molecule has 1 aliphatic rings. The Morgan fingerprint density at radius 3 is 2.60 bits per heavy atom. The SMILES string of the molecule is CCC1(N)CN(Cc2ccccc2C)C1. The molecule has 0 aliphatic carbocycles. The van der Waals surface area contributed by atoms with Crippen molar-refractivity contribution in [3.63, 3.8) is 0 Å². The highest BCUT2D eigenvalue weighted by molar-refractivity contribution is 5.26. The molecule has 2 nitrogen and oxygen atoms in total. The molecule has 15 heavy (non-hydrogen) atoms. The van der Waals surface area contributed by atoms with Gasteiger partial charge < -0.3 is 5.73 Å². The molecule has 1 aliphatic heterocycles. The summed E-state index contributed by atoms with van der Waals surface area (Å²) in [7, 11) is 0. The van der Waals surface area contributed by atoms with Crippen molar-refractivity contribution in [3.8, 4) is 0 Å². The summed E-state index contributed by atoms with van der Waals surface area (Å²) in [6.07, 6.45) is 1.08. The lowest BCUT2D eigenvalue weighted by Crippen LogP contribution is -2.66. The van der Waals surface area contributed by atoms with E-state index in [9.17, 15) is 0 Å². The molecule has 0 spiro atoms. The Morgan fingerprint density at radius 1 is 1.33 bits per heavy atom. The lowest BCUT2D eigenvalue weighted by Gasteiger charge is -2.47. The molecule has 0 aromatic heterocycles. The minimum atomic E-state index is 0.0860. The molecule has 2 heteroatoms. The fourth-order valence-corrected chi connectivity index (χ4v) is 2.21. The molecular formula is C13H20N2. The van der Waals surface area contributed by atoms with E-state index >= 15 is 0 Å². The topological polar surface area (TPSA) is 29.3 Å². The molecule has 0 radical (unpaired) electrons. The fourth-order valence-electron chi connectivity index (χ4n) is 2.21. The first-order chi connectivity index (χ1) is 7.13. The first-order valence-corrected chi connectivity index (χ1v) is 5.69. The minimum Gasteiger partial charge on any atom is -0.323 e. The van der Waals surface area contributed by atoms with Gasteiger partial charge in [-0.15, -0.1) is 0 Å². The zero-order valence-electron chi connectivity index (χ0n) is 9.66. The summed E-state index contributed by atoms with van der Waals surface area (Å²) < 4.78 is 0. The highest BCUT2D eigenvalue weighted by Crippen LogP contribution is 2.24. The normalized spacial score (nSPS) is 19.9. The van der Waals surface area contributed by atoms with Gasteiger partial charge in [-0.05, 0) is 24.5 Å². The van der Waals surface area contributed by atoms with E-state index in [1.807, 2.05) is 0 Å². The molecule has 0 amide bonds. The van der Waals surface area contributed by atoms with Gasteiger partial charge in [0.15, 0.2) is 0 Å². The van der Waals surface area contributed by atoms with E-state index in [2.05, 4.69) is 43.0 Å². The summed E-state index contributed by atoms with van der Waals surface area (Å²) in [6.45, 7) is 7.47. The Hall–Kier alpha value is -0.860. The van der Waals surface area contributed by atoms with Crippen molar-refractivity contribution in [3.05, 3.63) is 35.4 Å². The van der Waals surface area contributed by atoms with Gasteiger partial charge in [-0.1, -0.05) is 31.2 Å². The second kappa shape index (κ2) is 3.95. The second-order valence-corrected chi connectivity index (χ2v) is 4.79. The second-order valence-electron chi connectivity index (χ2n) is 4.79. The van der Waals surface area contributed by atoms with Gasteiger partial charge in [0.2, 0.25) is 0 Å². The minimum absolute atomic E-state index is 0.0860. The van der Waals surface area contributed by atoms with E-state index in [1.54, 1.807) is 0 Å². The third-order valence-electron chi connectivity index (χ3n) is 3.44. The van der Waals surface area contributed by atoms with Gasteiger partial charge >= 0.3 is 0 Å². The van der Waals surface area contributed by atoms with Crippen LogP contribution in [0.4, 0.5) is 0 Å². The Balaban J connectivity index is 1.93. The summed E-state index contributed by atoms with van der Waals surface area (Å²) in [5, 5.41) is 0. The largest absolute Gasteiger partial charge is 0.323 e. The van der Waals surface area contributed by atoms with Gasteiger partial charge in [0.05, 0.1) is 0 Å². The maximum absolute atomic E-state index is 6.14. The lowest BCUT2D eigenvalue weighted by atomic mass is 9.88. The number of aryl methyl sites for hydroxylation is 1. The highest BCUT2D eigenvalue weighted by Gasteiger charge is 2.37. The Morgan fingerprint density at radius 2 is 2.00 bits per heavy atom. The summed E-state index contributed by atoms with van der Waals surface area (Å²) in [6, 6.07) is 8.58. The van der Waals surface area contributed by atoms with Crippen LogP contribution in [0.5, 0.6) is 0 Å². The van der Waals surface area contributed by atoms with Crippen LogP contribution in [0.1, 0.15) is 24.5 Å². The maximum Gasteiger partial charge on any atom is 0.0410 e. The summed E-state index contributed by atoms with van der Waals surface area (Å²) in [5.41, 5.74) is 9.03. The number of nitrogens with two attached hydrogens (primary N) is 1. The average Bonchev–Trinajstić information content (AvgIpc) is 2.18. The molecule has 0 unspecified atom stereocenters. The Bertz CT molecular complexity index is 340.